The van der Waals surface area contributed by atoms with Crippen LogP contribution in [0.4, 0.5) is 0 Å². The van der Waals surface area contributed by atoms with Gasteiger partial charge in [-0.1, -0.05) is 0 Å². The van der Waals surface area contributed by atoms with E-state index in [1.54, 1.807) is 24.3 Å². The van der Waals surface area contributed by atoms with Gasteiger partial charge in [-0.15, -0.1) is 0 Å². The molecule has 6 nitrogen and oxygen atoms in total. The van der Waals surface area contributed by atoms with Crippen LogP contribution in [0.1, 0.15) is 15.9 Å². The molecule has 0 aliphatic carbocycles. The van der Waals surface area contributed by atoms with E-state index >= 15 is 0 Å². The van der Waals surface area contributed by atoms with Gasteiger partial charge in [-0.05, 0) is 24.3 Å². The van der Waals surface area contributed by atoms with Crippen molar-refractivity contribution in [1.29, 1.82) is 0 Å². The molecule has 1 aromatic heterocycles. The third-order valence-corrected chi connectivity index (χ3v) is 2.56. The lowest BCUT2D eigenvalue weighted by Crippen LogP contribution is -2.17. The Morgan fingerprint density at radius 3 is 3.00 bits per heavy atom. The van der Waals surface area contributed by atoms with Crippen molar-refractivity contribution in [1.82, 2.24) is 5.43 Å². The van der Waals surface area contributed by atoms with Crippen LogP contribution in [-0.2, 0) is 0 Å². The van der Waals surface area contributed by atoms with Crippen LogP contribution in [0.3, 0.4) is 0 Å². The second-order valence-electron chi connectivity index (χ2n) is 3.82. The molecule has 0 spiro atoms. The third-order valence-electron chi connectivity index (χ3n) is 2.56. The van der Waals surface area contributed by atoms with E-state index in [1.165, 1.54) is 18.7 Å². The summed E-state index contributed by atoms with van der Waals surface area (Å²) in [6.07, 6.45) is 4.55. The molecule has 6 heteroatoms. The summed E-state index contributed by atoms with van der Waals surface area (Å²) < 4.78 is 15.2. The second-order valence-corrected chi connectivity index (χ2v) is 3.82. The van der Waals surface area contributed by atoms with E-state index < -0.39 is 0 Å². The molecule has 1 N–H and O–H groups in total. The molecule has 0 bridgehead atoms. The Balaban J connectivity index is 1.67. The number of hydrogen-bond donors (Lipinski definition) is 1. The van der Waals surface area contributed by atoms with Crippen molar-refractivity contribution >= 4 is 12.1 Å². The van der Waals surface area contributed by atoms with Gasteiger partial charge >= 0.3 is 0 Å². The number of carbonyl (C=O) groups is 1. The molecule has 1 amide bonds. The SMILES string of the molecule is O=C(N/N=C/c1ccoc1)c1ccc2c(c1)OCO2. The molecule has 3 rings (SSSR count). The second kappa shape index (κ2) is 4.85. The van der Waals surface area contributed by atoms with Crippen LogP contribution in [0.5, 0.6) is 11.5 Å². The van der Waals surface area contributed by atoms with Crippen LogP contribution >= 0.6 is 0 Å². The fraction of sp³-hybridized carbons (Fsp3) is 0.0769. The first-order chi connectivity index (χ1) is 9.33. The summed E-state index contributed by atoms with van der Waals surface area (Å²) in [6, 6.07) is 6.69. The fourth-order valence-electron chi connectivity index (χ4n) is 1.62. The summed E-state index contributed by atoms with van der Waals surface area (Å²) in [5.41, 5.74) is 3.64. The van der Waals surface area contributed by atoms with Crippen LogP contribution in [0.15, 0.2) is 46.3 Å². The molecular weight excluding hydrogens is 248 g/mol. The van der Waals surface area contributed by atoms with E-state index in [1.807, 2.05) is 0 Å². The summed E-state index contributed by atoms with van der Waals surface area (Å²) >= 11 is 0. The lowest BCUT2D eigenvalue weighted by atomic mass is 10.2. The highest BCUT2D eigenvalue weighted by atomic mass is 16.7. The maximum absolute atomic E-state index is 11.8. The highest BCUT2D eigenvalue weighted by Crippen LogP contribution is 2.32. The Bertz CT molecular complexity index is 620. The van der Waals surface area contributed by atoms with Gasteiger partial charge in [0.25, 0.3) is 5.91 Å². The largest absolute Gasteiger partial charge is 0.472 e. The van der Waals surface area contributed by atoms with Gasteiger partial charge < -0.3 is 13.9 Å². The van der Waals surface area contributed by atoms with Crippen molar-refractivity contribution in [3.63, 3.8) is 0 Å². The van der Waals surface area contributed by atoms with Crippen LogP contribution in [0.2, 0.25) is 0 Å². The minimum atomic E-state index is -0.321. The molecule has 0 saturated carbocycles. The molecule has 0 unspecified atom stereocenters. The Labute approximate surface area is 108 Å². The van der Waals surface area contributed by atoms with E-state index in [-0.39, 0.29) is 12.7 Å². The van der Waals surface area contributed by atoms with E-state index in [2.05, 4.69) is 10.5 Å². The number of hydrogen-bond acceptors (Lipinski definition) is 5. The molecule has 19 heavy (non-hydrogen) atoms. The van der Waals surface area contributed by atoms with Gasteiger partial charge in [0, 0.05) is 11.1 Å². The average Bonchev–Trinajstić information content (AvgIpc) is 3.08. The van der Waals surface area contributed by atoms with Crippen LogP contribution in [0.25, 0.3) is 0 Å². The molecular formula is C13H10N2O4. The van der Waals surface area contributed by atoms with Gasteiger partial charge in [-0.2, -0.15) is 5.10 Å². The maximum atomic E-state index is 11.8. The van der Waals surface area contributed by atoms with Crippen molar-refractivity contribution in [2.45, 2.75) is 0 Å². The Morgan fingerprint density at radius 2 is 2.16 bits per heavy atom. The number of nitrogens with zero attached hydrogens (tertiary/aromatic N) is 1. The van der Waals surface area contributed by atoms with Gasteiger partial charge in [-0.3, -0.25) is 4.79 Å². The summed E-state index contributed by atoms with van der Waals surface area (Å²) in [5.74, 6) is 0.878. The van der Waals surface area contributed by atoms with E-state index in [0.29, 0.717) is 17.1 Å². The quantitative estimate of drug-likeness (QED) is 0.672. The summed E-state index contributed by atoms with van der Waals surface area (Å²) in [6.45, 7) is 0.180. The maximum Gasteiger partial charge on any atom is 0.271 e. The summed E-state index contributed by atoms with van der Waals surface area (Å²) in [7, 11) is 0. The minimum absolute atomic E-state index is 0.180. The van der Waals surface area contributed by atoms with E-state index in [4.69, 9.17) is 13.9 Å². The van der Waals surface area contributed by atoms with Crippen LogP contribution in [0, 0.1) is 0 Å². The number of rotatable bonds is 3. The first-order valence-electron chi connectivity index (χ1n) is 5.58. The zero-order chi connectivity index (χ0) is 13.1. The number of carbonyl (C=O) groups excluding carboxylic acids is 1. The monoisotopic (exact) mass is 258 g/mol. The molecule has 1 aliphatic rings. The number of fused-ring (bicyclic) bond motifs is 1. The number of hydrazone groups is 1. The number of nitrogens with one attached hydrogen (secondary N) is 1. The lowest BCUT2D eigenvalue weighted by molar-refractivity contribution is 0.0954. The van der Waals surface area contributed by atoms with Crippen molar-refractivity contribution < 1.29 is 18.7 Å². The normalized spacial score (nSPS) is 12.8. The summed E-state index contributed by atoms with van der Waals surface area (Å²) in [4.78, 5) is 11.8. The van der Waals surface area contributed by atoms with Crippen molar-refractivity contribution in [3.8, 4) is 11.5 Å². The molecule has 0 atom stereocenters. The van der Waals surface area contributed by atoms with Crippen molar-refractivity contribution in [2.24, 2.45) is 5.10 Å². The molecule has 0 fully saturated rings. The lowest BCUT2D eigenvalue weighted by Gasteiger charge is -2.01. The predicted molar refractivity (Wildman–Crippen MR) is 66.3 cm³/mol. The fourth-order valence-corrected chi connectivity index (χ4v) is 1.62. The Kier molecular flexibility index (Phi) is 2.89. The van der Waals surface area contributed by atoms with Gasteiger partial charge in [0.15, 0.2) is 11.5 Å². The van der Waals surface area contributed by atoms with E-state index in [9.17, 15) is 4.79 Å². The standard InChI is InChI=1S/C13H10N2O4/c16-13(15-14-6-9-3-4-17-7-9)10-1-2-11-12(5-10)19-8-18-11/h1-7H,8H2,(H,15,16)/b14-6+. The molecule has 1 aromatic carbocycles. The zero-order valence-corrected chi connectivity index (χ0v) is 9.83. The molecule has 0 saturated heterocycles. The van der Waals surface area contributed by atoms with E-state index in [0.717, 1.165) is 5.56 Å². The minimum Gasteiger partial charge on any atom is -0.472 e. The topological polar surface area (TPSA) is 73.1 Å². The number of benzene rings is 1. The Morgan fingerprint density at radius 1 is 1.26 bits per heavy atom. The van der Waals surface area contributed by atoms with Gasteiger partial charge in [-0.25, -0.2) is 5.43 Å². The highest BCUT2D eigenvalue weighted by Gasteiger charge is 2.15. The van der Waals surface area contributed by atoms with Gasteiger partial charge in [0.05, 0.1) is 18.7 Å². The molecule has 1 aliphatic heterocycles. The van der Waals surface area contributed by atoms with Gasteiger partial charge in [0.2, 0.25) is 6.79 Å². The summed E-state index contributed by atoms with van der Waals surface area (Å²) in [5, 5.41) is 3.83. The highest BCUT2D eigenvalue weighted by molar-refractivity contribution is 5.95. The first-order valence-corrected chi connectivity index (χ1v) is 5.58. The zero-order valence-electron chi connectivity index (χ0n) is 9.83. The Hall–Kier alpha value is -2.76. The molecule has 2 aromatic rings. The third kappa shape index (κ3) is 2.42. The van der Waals surface area contributed by atoms with Crippen LogP contribution in [-0.4, -0.2) is 18.9 Å². The number of ether oxygens (including phenoxy) is 2. The molecule has 0 radical (unpaired) electrons. The molecule has 96 valence electrons. The van der Waals surface area contributed by atoms with Crippen LogP contribution < -0.4 is 14.9 Å². The average molecular weight is 258 g/mol. The van der Waals surface area contributed by atoms with Crippen molar-refractivity contribution in [3.05, 3.63) is 47.9 Å². The number of furan rings is 1. The number of amides is 1. The smallest absolute Gasteiger partial charge is 0.271 e. The molecule has 2 heterocycles. The predicted octanol–water partition coefficient (Wildman–Crippen LogP) is 1.77. The van der Waals surface area contributed by atoms with Crippen molar-refractivity contribution in [2.75, 3.05) is 6.79 Å². The first kappa shape index (κ1) is 11.3. The van der Waals surface area contributed by atoms with Gasteiger partial charge in [0.1, 0.15) is 0 Å².